The van der Waals surface area contributed by atoms with E-state index < -0.39 is 5.91 Å². The first-order valence-corrected chi connectivity index (χ1v) is 12.6. The van der Waals surface area contributed by atoms with Crippen LogP contribution in [0.5, 0.6) is 11.6 Å². The molecule has 192 valence electrons. The van der Waals surface area contributed by atoms with E-state index in [4.69, 9.17) is 14.5 Å². The van der Waals surface area contributed by atoms with Gasteiger partial charge in [0.15, 0.2) is 0 Å². The maximum Gasteiger partial charge on any atom is 0.276 e. The number of methoxy groups -OCH3 is 1. The first kappa shape index (κ1) is 24.5. The number of rotatable bonds is 7. The molecule has 1 unspecified atom stereocenters. The van der Waals surface area contributed by atoms with E-state index in [1.165, 1.54) is 16.8 Å². The van der Waals surface area contributed by atoms with E-state index in [-0.39, 0.29) is 30.0 Å². The number of aromatic nitrogens is 2. The van der Waals surface area contributed by atoms with Gasteiger partial charge in [-0.2, -0.15) is 4.98 Å². The maximum absolute atomic E-state index is 13.3. The van der Waals surface area contributed by atoms with Crippen LogP contribution in [0.25, 0.3) is 0 Å². The van der Waals surface area contributed by atoms with Gasteiger partial charge in [0.1, 0.15) is 17.9 Å². The highest BCUT2D eigenvalue weighted by atomic mass is 16.5. The van der Waals surface area contributed by atoms with Gasteiger partial charge in [-0.15, -0.1) is 0 Å². The summed E-state index contributed by atoms with van der Waals surface area (Å²) >= 11 is 0. The van der Waals surface area contributed by atoms with E-state index in [2.05, 4.69) is 28.3 Å². The number of ether oxygens (including phenoxy) is 2. The number of nitrogens with zero attached hydrogens (tertiary/aromatic N) is 4. The molecule has 3 heterocycles. The summed E-state index contributed by atoms with van der Waals surface area (Å²) in [5.74, 6) is 0.812. The topological polar surface area (TPSA) is 96.9 Å². The average molecular weight is 502 g/mol. The highest BCUT2D eigenvalue weighted by Crippen LogP contribution is 2.37. The number of carbonyl (C=O) groups is 2. The molecule has 9 nitrogen and oxygen atoms in total. The third kappa shape index (κ3) is 5.35. The van der Waals surface area contributed by atoms with Crippen molar-refractivity contribution in [3.8, 4) is 11.6 Å². The van der Waals surface area contributed by atoms with Crippen LogP contribution in [0.2, 0.25) is 0 Å². The summed E-state index contributed by atoms with van der Waals surface area (Å²) in [6, 6.07) is 15.8. The molecule has 0 spiro atoms. The second-order valence-corrected chi connectivity index (χ2v) is 9.37. The van der Waals surface area contributed by atoms with Crippen molar-refractivity contribution in [3.63, 3.8) is 0 Å². The van der Waals surface area contributed by atoms with Crippen LogP contribution in [0.3, 0.4) is 0 Å². The fourth-order valence-electron chi connectivity index (χ4n) is 4.77. The zero-order valence-corrected chi connectivity index (χ0v) is 21.1. The quantitative estimate of drug-likeness (QED) is 0.518. The lowest BCUT2D eigenvalue weighted by Gasteiger charge is -2.24. The Hall–Kier alpha value is -4.14. The van der Waals surface area contributed by atoms with Crippen molar-refractivity contribution < 1.29 is 19.1 Å². The summed E-state index contributed by atoms with van der Waals surface area (Å²) in [6.45, 7) is 2.80. The van der Waals surface area contributed by atoms with Crippen LogP contribution in [0.4, 0.5) is 11.6 Å². The molecule has 1 fully saturated rings. The maximum atomic E-state index is 13.3. The van der Waals surface area contributed by atoms with E-state index >= 15 is 0 Å². The number of hydrogen-bond donors (Lipinski definition) is 1. The first-order valence-electron chi connectivity index (χ1n) is 12.6. The van der Waals surface area contributed by atoms with Crippen LogP contribution in [0, 0.1) is 0 Å². The Balaban J connectivity index is 1.44. The van der Waals surface area contributed by atoms with Gasteiger partial charge in [0.05, 0.1) is 7.11 Å². The number of benzene rings is 2. The van der Waals surface area contributed by atoms with Gasteiger partial charge >= 0.3 is 0 Å². The van der Waals surface area contributed by atoms with Crippen LogP contribution in [-0.4, -0.2) is 46.5 Å². The molecule has 37 heavy (non-hydrogen) atoms. The minimum absolute atomic E-state index is 0.0911. The third-order valence-electron chi connectivity index (χ3n) is 6.75. The molecule has 0 bridgehead atoms. The molecule has 0 radical (unpaired) electrons. The van der Waals surface area contributed by atoms with E-state index in [0.717, 1.165) is 42.7 Å². The van der Waals surface area contributed by atoms with Crippen LogP contribution >= 0.6 is 0 Å². The van der Waals surface area contributed by atoms with Crippen molar-refractivity contribution in [2.75, 3.05) is 18.6 Å². The molecule has 2 aliphatic rings. The van der Waals surface area contributed by atoms with E-state index in [1.54, 1.807) is 7.11 Å². The van der Waals surface area contributed by atoms with Crippen molar-refractivity contribution in [2.45, 2.75) is 51.7 Å². The first-order chi connectivity index (χ1) is 18.0. The minimum Gasteiger partial charge on any atom is -0.497 e. The number of amides is 2. The van der Waals surface area contributed by atoms with E-state index in [1.807, 2.05) is 42.5 Å². The van der Waals surface area contributed by atoms with Gasteiger partial charge < -0.3 is 14.4 Å². The van der Waals surface area contributed by atoms with Gasteiger partial charge in [-0.1, -0.05) is 36.8 Å². The Bertz CT molecular complexity index is 1280. The summed E-state index contributed by atoms with van der Waals surface area (Å²) in [7, 11) is 1.62. The Labute approximate surface area is 216 Å². The highest BCUT2D eigenvalue weighted by Gasteiger charge is 2.30. The van der Waals surface area contributed by atoms with Crippen molar-refractivity contribution in [1.29, 1.82) is 0 Å². The molecule has 2 amide bonds. The van der Waals surface area contributed by atoms with Gasteiger partial charge in [-0.05, 0) is 55.5 Å². The van der Waals surface area contributed by atoms with Gasteiger partial charge in [-0.3, -0.25) is 20.0 Å². The van der Waals surface area contributed by atoms with Crippen molar-refractivity contribution in [3.05, 3.63) is 71.4 Å². The number of nitrogens with one attached hydrogen (secondary N) is 1. The predicted octanol–water partition coefficient (Wildman–Crippen LogP) is 4.19. The van der Waals surface area contributed by atoms with Crippen LogP contribution in [-0.2, 0) is 17.8 Å². The Kier molecular flexibility index (Phi) is 7.20. The fourth-order valence-corrected chi connectivity index (χ4v) is 4.77. The highest BCUT2D eigenvalue weighted by molar-refractivity contribution is 5.97. The lowest BCUT2D eigenvalue weighted by Crippen LogP contribution is -2.46. The zero-order chi connectivity index (χ0) is 25.8. The van der Waals surface area contributed by atoms with Gasteiger partial charge in [0, 0.05) is 30.9 Å². The normalized spacial score (nSPS) is 17.2. The van der Waals surface area contributed by atoms with Gasteiger partial charge in [0.2, 0.25) is 17.7 Å². The Morgan fingerprint density at radius 3 is 2.73 bits per heavy atom. The van der Waals surface area contributed by atoms with Crippen molar-refractivity contribution in [2.24, 2.45) is 0 Å². The predicted molar refractivity (Wildman–Crippen MR) is 139 cm³/mol. The minimum atomic E-state index is -0.471. The summed E-state index contributed by atoms with van der Waals surface area (Å²) in [5, 5.41) is 1.40. The Morgan fingerprint density at radius 1 is 1.11 bits per heavy atom. The number of fused-ring (bicyclic) bond motifs is 1. The molecule has 1 aromatic heterocycles. The number of para-hydroxylation sites is 1. The molecule has 5 rings (SSSR count). The lowest BCUT2D eigenvalue weighted by molar-refractivity contribution is -0.133. The van der Waals surface area contributed by atoms with Crippen molar-refractivity contribution >= 4 is 23.5 Å². The molecule has 0 saturated carbocycles. The molecule has 2 aliphatic heterocycles. The number of carbonyl (C=O) groups excluding carboxylic acids is 2. The Morgan fingerprint density at radius 2 is 1.92 bits per heavy atom. The fraction of sp³-hybridized carbons (Fsp3) is 0.357. The molecule has 1 saturated heterocycles. The number of hydrogen-bond acceptors (Lipinski definition) is 7. The molecular weight excluding hydrogens is 470 g/mol. The molecular formula is C28H31N5O4. The molecule has 2 aromatic carbocycles. The van der Waals surface area contributed by atoms with E-state index in [0.29, 0.717) is 18.9 Å². The molecule has 3 aromatic rings. The summed E-state index contributed by atoms with van der Waals surface area (Å²) in [5.41, 5.74) is 6.09. The monoisotopic (exact) mass is 501 g/mol. The van der Waals surface area contributed by atoms with Crippen LogP contribution in [0.1, 0.15) is 54.1 Å². The summed E-state index contributed by atoms with van der Waals surface area (Å²) in [4.78, 5) is 37.1. The molecule has 1 atom stereocenters. The summed E-state index contributed by atoms with van der Waals surface area (Å²) < 4.78 is 11.3. The number of anilines is 2. The summed E-state index contributed by atoms with van der Waals surface area (Å²) in [6.07, 6.45) is 5.41. The smallest absolute Gasteiger partial charge is 0.276 e. The van der Waals surface area contributed by atoms with E-state index in [9.17, 15) is 9.59 Å². The largest absolute Gasteiger partial charge is 0.497 e. The SMILES string of the molecule is COc1ccc(COc2nc(N3c4ccccc4CC3C)ncc2C(=O)NN2CCCCCC2=O)cc1. The van der Waals surface area contributed by atoms with Gasteiger partial charge in [-0.25, -0.2) is 4.98 Å². The lowest BCUT2D eigenvalue weighted by atomic mass is 10.1. The van der Waals surface area contributed by atoms with Crippen LogP contribution in [0.15, 0.2) is 54.7 Å². The second kappa shape index (κ2) is 10.9. The third-order valence-corrected chi connectivity index (χ3v) is 6.75. The van der Waals surface area contributed by atoms with Crippen molar-refractivity contribution in [1.82, 2.24) is 20.4 Å². The molecule has 1 N–H and O–H groups in total. The standard InChI is InChI=1S/C28H31N5O4/c1-19-16-21-8-5-6-9-24(21)33(19)28-29-17-23(26(35)31-32-15-7-3-4-10-25(32)34)27(30-28)37-18-20-11-13-22(36-2)14-12-20/h5-6,8-9,11-14,17,19H,3-4,7,10,15-16,18H2,1-2H3,(H,31,35). The van der Waals surface area contributed by atoms with Crippen LogP contribution < -0.4 is 19.8 Å². The average Bonchev–Trinajstić information content (AvgIpc) is 3.13. The number of hydrazine groups is 1. The second-order valence-electron chi connectivity index (χ2n) is 9.37. The van der Waals surface area contributed by atoms with Gasteiger partial charge in [0.25, 0.3) is 5.91 Å². The molecule has 9 heteroatoms. The zero-order valence-electron chi connectivity index (χ0n) is 21.1. The molecule has 0 aliphatic carbocycles.